The Morgan fingerprint density at radius 3 is 1.82 bits per heavy atom. The Labute approximate surface area is 199 Å². The van der Waals surface area contributed by atoms with Gasteiger partial charge < -0.3 is 14.7 Å². The van der Waals surface area contributed by atoms with E-state index in [4.69, 9.17) is 0 Å². The third-order valence-electron chi connectivity index (χ3n) is 8.63. The van der Waals surface area contributed by atoms with Crippen LogP contribution in [0.2, 0.25) is 0 Å². The molecule has 1 aliphatic carbocycles. The molecular formula is C26H42N6O. The van der Waals surface area contributed by atoms with Crippen LogP contribution in [0.15, 0.2) is 12.1 Å². The molecule has 1 aromatic rings. The standard InChI is InChI=1S/C26H42N6O/c1-21-9-13-30(14-10-21)24-7-8-25(28-27-24)31-15-11-22(12-16-31)26(33)32-19-17-29(18-20-32)23-5-3-2-4-6-23/h7-8,21-23H,2-6,9-20H2,1H3. The topological polar surface area (TPSA) is 55.8 Å². The van der Waals surface area contributed by atoms with E-state index < -0.39 is 0 Å². The first kappa shape index (κ1) is 22.9. The third-order valence-corrected chi connectivity index (χ3v) is 8.63. The maximum atomic E-state index is 13.2. The van der Waals surface area contributed by atoms with E-state index in [-0.39, 0.29) is 5.92 Å². The number of rotatable bonds is 4. The number of piperidine rings is 2. The van der Waals surface area contributed by atoms with Gasteiger partial charge in [-0.1, -0.05) is 26.2 Å². The maximum absolute atomic E-state index is 13.2. The second-order valence-electron chi connectivity index (χ2n) is 10.8. The van der Waals surface area contributed by atoms with E-state index in [2.05, 4.69) is 48.9 Å². The second-order valence-corrected chi connectivity index (χ2v) is 10.8. The SMILES string of the molecule is CC1CCN(c2ccc(N3CCC(C(=O)N4CCN(C5CCCCC5)CC4)CC3)nn2)CC1. The van der Waals surface area contributed by atoms with Gasteiger partial charge in [0.15, 0.2) is 11.6 Å². The van der Waals surface area contributed by atoms with Gasteiger partial charge in [0, 0.05) is 64.3 Å². The predicted molar refractivity (Wildman–Crippen MR) is 133 cm³/mol. The number of hydrogen-bond donors (Lipinski definition) is 0. The van der Waals surface area contributed by atoms with Crippen LogP contribution in [-0.4, -0.2) is 84.3 Å². The van der Waals surface area contributed by atoms with Crippen LogP contribution in [0.3, 0.4) is 0 Å². The van der Waals surface area contributed by atoms with E-state index in [1.54, 1.807) is 0 Å². The minimum atomic E-state index is 0.171. The van der Waals surface area contributed by atoms with Crippen LogP contribution >= 0.6 is 0 Å². The van der Waals surface area contributed by atoms with Crippen LogP contribution in [-0.2, 0) is 4.79 Å². The zero-order chi connectivity index (χ0) is 22.6. The Balaban J connectivity index is 1.07. The molecule has 1 amide bonds. The number of piperazine rings is 1. The Morgan fingerprint density at radius 1 is 0.727 bits per heavy atom. The minimum absolute atomic E-state index is 0.171. The molecule has 0 bridgehead atoms. The monoisotopic (exact) mass is 454 g/mol. The molecule has 0 radical (unpaired) electrons. The molecule has 33 heavy (non-hydrogen) atoms. The van der Waals surface area contributed by atoms with Crippen LogP contribution in [0.1, 0.15) is 64.7 Å². The van der Waals surface area contributed by atoms with Crippen molar-refractivity contribution in [1.82, 2.24) is 20.0 Å². The van der Waals surface area contributed by atoms with Crippen LogP contribution in [0.5, 0.6) is 0 Å². The molecule has 1 aromatic heterocycles. The molecule has 0 spiro atoms. The summed E-state index contributed by atoms with van der Waals surface area (Å²) in [7, 11) is 0. The van der Waals surface area contributed by atoms with Gasteiger partial charge in [-0.25, -0.2) is 0 Å². The van der Waals surface area contributed by atoms with Crippen molar-refractivity contribution in [2.24, 2.45) is 11.8 Å². The lowest BCUT2D eigenvalue weighted by atomic mass is 9.93. The van der Waals surface area contributed by atoms with Crippen LogP contribution in [0, 0.1) is 11.8 Å². The highest BCUT2D eigenvalue weighted by Gasteiger charge is 2.32. The Hall–Kier alpha value is -1.89. The van der Waals surface area contributed by atoms with Gasteiger partial charge in [-0.3, -0.25) is 9.69 Å². The van der Waals surface area contributed by atoms with Crippen LogP contribution < -0.4 is 9.80 Å². The summed E-state index contributed by atoms with van der Waals surface area (Å²) in [5.41, 5.74) is 0. The molecule has 4 fully saturated rings. The minimum Gasteiger partial charge on any atom is -0.355 e. The highest BCUT2D eigenvalue weighted by atomic mass is 16.2. The average Bonchev–Trinajstić information content (AvgIpc) is 2.90. The molecule has 182 valence electrons. The van der Waals surface area contributed by atoms with Crippen molar-refractivity contribution in [3.8, 4) is 0 Å². The number of amides is 1. The molecule has 1 saturated carbocycles. The number of hydrogen-bond acceptors (Lipinski definition) is 6. The molecule has 0 unspecified atom stereocenters. The molecule has 7 nitrogen and oxygen atoms in total. The normalized spacial score (nSPS) is 24.9. The predicted octanol–water partition coefficient (Wildman–Crippen LogP) is 3.41. The Morgan fingerprint density at radius 2 is 1.27 bits per heavy atom. The molecule has 0 aromatic carbocycles. The van der Waals surface area contributed by atoms with Gasteiger partial charge in [-0.2, -0.15) is 0 Å². The Bertz CT molecular complexity index is 755. The largest absolute Gasteiger partial charge is 0.355 e. The number of carbonyl (C=O) groups excluding carboxylic acids is 1. The summed E-state index contributed by atoms with van der Waals surface area (Å²) < 4.78 is 0. The van der Waals surface area contributed by atoms with Crippen molar-refractivity contribution in [2.45, 2.75) is 70.8 Å². The summed E-state index contributed by atoms with van der Waals surface area (Å²) in [6.45, 7) is 10.2. The van der Waals surface area contributed by atoms with E-state index in [1.807, 2.05) is 0 Å². The molecule has 5 rings (SSSR count). The highest BCUT2D eigenvalue weighted by Crippen LogP contribution is 2.27. The van der Waals surface area contributed by atoms with Crippen molar-refractivity contribution in [1.29, 1.82) is 0 Å². The summed E-state index contributed by atoms with van der Waals surface area (Å²) in [5, 5.41) is 9.07. The zero-order valence-electron chi connectivity index (χ0n) is 20.5. The first-order valence-corrected chi connectivity index (χ1v) is 13.5. The Kier molecular flexibility index (Phi) is 7.34. The lowest BCUT2D eigenvalue weighted by Gasteiger charge is -2.42. The van der Waals surface area contributed by atoms with Gasteiger partial charge in [0.2, 0.25) is 5.91 Å². The van der Waals surface area contributed by atoms with E-state index in [0.717, 1.165) is 88.8 Å². The lowest BCUT2D eigenvalue weighted by molar-refractivity contribution is -0.138. The molecule has 4 heterocycles. The van der Waals surface area contributed by atoms with E-state index in [0.29, 0.717) is 5.91 Å². The molecule has 3 aliphatic heterocycles. The van der Waals surface area contributed by atoms with Gasteiger partial charge in [-0.15, -0.1) is 10.2 Å². The lowest BCUT2D eigenvalue weighted by Crippen LogP contribution is -2.54. The molecule has 4 aliphatic rings. The highest BCUT2D eigenvalue weighted by molar-refractivity contribution is 5.79. The van der Waals surface area contributed by atoms with Crippen molar-refractivity contribution in [2.75, 3.05) is 62.2 Å². The fourth-order valence-corrected chi connectivity index (χ4v) is 6.26. The third kappa shape index (κ3) is 5.44. The molecule has 0 atom stereocenters. The second kappa shape index (κ2) is 10.6. The fraction of sp³-hybridized carbons (Fsp3) is 0.808. The van der Waals surface area contributed by atoms with E-state index >= 15 is 0 Å². The fourth-order valence-electron chi connectivity index (χ4n) is 6.26. The van der Waals surface area contributed by atoms with Crippen molar-refractivity contribution in [3.63, 3.8) is 0 Å². The van der Waals surface area contributed by atoms with Crippen LogP contribution in [0.25, 0.3) is 0 Å². The summed E-state index contributed by atoms with van der Waals surface area (Å²) in [4.78, 5) is 22.6. The first-order valence-electron chi connectivity index (χ1n) is 13.5. The van der Waals surface area contributed by atoms with E-state index in [9.17, 15) is 4.79 Å². The van der Waals surface area contributed by atoms with Crippen molar-refractivity contribution < 1.29 is 4.79 Å². The first-order chi connectivity index (χ1) is 16.2. The number of anilines is 2. The molecule has 7 heteroatoms. The zero-order valence-corrected chi connectivity index (χ0v) is 20.5. The molecule has 0 N–H and O–H groups in total. The summed E-state index contributed by atoms with van der Waals surface area (Å²) in [6, 6.07) is 5.01. The van der Waals surface area contributed by atoms with E-state index in [1.165, 1.54) is 44.9 Å². The quantitative estimate of drug-likeness (QED) is 0.695. The van der Waals surface area contributed by atoms with Gasteiger partial charge in [0.25, 0.3) is 0 Å². The van der Waals surface area contributed by atoms with Gasteiger partial charge >= 0.3 is 0 Å². The molecular weight excluding hydrogens is 412 g/mol. The van der Waals surface area contributed by atoms with Gasteiger partial charge in [0.1, 0.15) is 0 Å². The number of carbonyl (C=O) groups is 1. The molecule has 3 saturated heterocycles. The maximum Gasteiger partial charge on any atom is 0.225 e. The summed E-state index contributed by atoms with van der Waals surface area (Å²) in [6.07, 6.45) is 11.2. The summed E-state index contributed by atoms with van der Waals surface area (Å²) >= 11 is 0. The van der Waals surface area contributed by atoms with Crippen molar-refractivity contribution >= 4 is 17.5 Å². The smallest absolute Gasteiger partial charge is 0.225 e. The average molecular weight is 455 g/mol. The summed E-state index contributed by atoms with van der Waals surface area (Å²) in [5.74, 6) is 3.33. The number of nitrogens with zero attached hydrogens (tertiary/aromatic N) is 6. The van der Waals surface area contributed by atoms with Gasteiger partial charge in [0.05, 0.1) is 0 Å². The van der Waals surface area contributed by atoms with Gasteiger partial charge in [-0.05, 0) is 56.6 Å². The van der Waals surface area contributed by atoms with Crippen molar-refractivity contribution in [3.05, 3.63) is 12.1 Å². The number of aromatic nitrogens is 2. The van der Waals surface area contributed by atoms with Crippen LogP contribution in [0.4, 0.5) is 11.6 Å².